The van der Waals surface area contributed by atoms with Crippen LogP contribution in [-0.4, -0.2) is 10.9 Å². The summed E-state index contributed by atoms with van der Waals surface area (Å²) in [4.78, 5) is 15.7. The van der Waals surface area contributed by atoms with E-state index in [9.17, 15) is 9.18 Å². The van der Waals surface area contributed by atoms with Crippen molar-refractivity contribution in [1.82, 2.24) is 4.98 Å². The van der Waals surface area contributed by atoms with Crippen LogP contribution in [0.15, 0.2) is 36.5 Å². The Hall–Kier alpha value is -2.14. The van der Waals surface area contributed by atoms with Gasteiger partial charge in [0.05, 0.1) is 5.69 Å². The van der Waals surface area contributed by atoms with E-state index >= 15 is 0 Å². The molecule has 0 aliphatic heterocycles. The predicted octanol–water partition coefficient (Wildman–Crippen LogP) is 2.71. The van der Waals surface area contributed by atoms with E-state index < -0.39 is 11.7 Å². The smallest absolute Gasteiger partial charge is 0.256 e. The Labute approximate surface area is 108 Å². The highest BCUT2D eigenvalue weighted by atomic mass is 35.5. The van der Waals surface area contributed by atoms with Crippen molar-refractivity contribution in [2.75, 3.05) is 11.1 Å². The van der Waals surface area contributed by atoms with Crippen molar-refractivity contribution in [2.24, 2.45) is 0 Å². The lowest BCUT2D eigenvalue weighted by Gasteiger charge is -2.05. The zero-order valence-corrected chi connectivity index (χ0v) is 9.91. The standard InChI is InChI=1S/C12H9ClFN3O/c13-8-3-4-16-11(6-8)17-12(18)7-1-2-9(14)10(15)5-7/h1-6H,15H2,(H,16,17,18). The number of nitrogens with two attached hydrogens (primary N) is 1. The van der Waals surface area contributed by atoms with Crippen LogP contribution in [0, 0.1) is 5.82 Å². The SMILES string of the molecule is Nc1cc(C(=O)Nc2cc(Cl)ccn2)ccc1F. The van der Waals surface area contributed by atoms with Crippen LogP contribution in [0.5, 0.6) is 0 Å². The van der Waals surface area contributed by atoms with Gasteiger partial charge in [0.2, 0.25) is 0 Å². The third-order valence-corrected chi connectivity index (χ3v) is 2.46. The van der Waals surface area contributed by atoms with Gasteiger partial charge in [0, 0.05) is 16.8 Å². The minimum atomic E-state index is -0.563. The number of nitrogens with one attached hydrogen (secondary N) is 1. The predicted molar refractivity (Wildman–Crippen MR) is 68.0 cm³/mol. The van der Waals surface area contributed by atoms with Gasteiger partial charge in [0.25, 0.3) is 5.91 Å². The molecule has 2 aromatic rings. The molecule has 0 bridgehead atoms. The van der Waals surface area contributed by atoms with Crippen LogP contribution in [0.4, 0.5) is 15.9 Å². The van der Waals surface area contributed by atoms with E-state index in [0.717, 1.165) is 6.07 Å². The number of aromatic nitrogens is 1. The second-order valence-electron chi connectivity index (χ2n) is 3.55. The highest BCUT2D eigenvalue weighted by Crippen LogP contribution is 2.15. The van der Waals surface area contributed by atoms with E-state index in [4.69, 9.17) is 17.3 Å². The summed E-state index contributed by atoms with van der Waals surface area (Å²) in [5.74, 6) is -0.681. The Kier molecular flexibility index (Phi) is 3.43. The van der Waals surface area contributed by atoms with Gasteiger partial charge in [-0.05, 0) is 30.3 Å². The number of nitrogens with zero attached hydrogens (tertiary/aromatic N) is 1. The van der Waals surface area contributed by atoms with Crippen molar-refractivity contribution < 1.29 is 9.18 Å². The summed E-state index contributed by atoms with van der Waals surface area (Å²) in [5, 5.41) is 2.99. The molecule has 6 heteroatoms. The van der Waals surface area contributed by atoms with Crippen LogP contribution in [-0.2, 0) is 0 Å². The Morgan fingerprint density at radius 1 is 1.33 bits per heavy atom. The summed E-state index contributed by atoms with van der Waals surface area (Å²) in [7, 11) is 0. The molecule has 0 aliphatic carbocycles. The third-order valence-electron chi connectivity index (χ3n) is 2.22. The molecule has 1 heterocycles. The molecule has 0 aliphatic rings. The van der Waals surface area contributed by atoms with Gasteiger partial charge >= 0.3 is 0 Å². The molecule has 0 unspecified atom stereocenters. The quantitative estimate of drug-likeness (QED) is 0.821. The maximum atomic E-state index is 13.0. The molecular formula is C12H9ClFN3O. The van der Waals surface area contributed by atoms with Gasteiger partial charge in [-0.25, -0.2) is 9.37 Å². The van der Waals surface area contributed by atoms with Crippen molar-refractivity contribution in [3.63, 3.8) is 0 Å². The van der Waals surface area contributed by atoms with Crippen LogP contribution < -0.4 is 11.1 Å². The first kappa shape index (κ1) is 12.3. The number of carbonyl (C=O) groups excluding carboxylic acids is 1. The number of hydrogen-bond acceptors (Lipinski definition) is 3. The number of amides is 1. The van der Waals surface area contributed by atoms with E-state index in [1.165, 1.54) is 24.4 Å². The lowest BCUT2D eigenvalue weighted by Crippen LogP contribution is -2.13. The summed E-state index contributed by atoms with van der Waals surface area (Å²) in [5.41, 5.74) is 5.55. The summed E-state index contributed by atoms with van der Waals surface area (Å²) < 4.78 is 13.0. The van der Waals surface area contributed by atoms with Gasteiger partial charge in [0.1, 0.15) is 11.6 Å². The lowest BCUT2D eigenvalue weighted by molar-refractivity contribution is 0.102. The van der Waals surface area contributed by atoms with E-state index in [2.05, 4.69) is 10.3 Å². The molecule has 0 saturated heterocycles. The second kappa shape index (κ2) is 5.01. The minimum Gasteiger partial charge on any atom is -0.396 e. The molecule has 18 heavy (non-hydrogen) atoms. The van der Waals surface area contributed by atoms with E-state index in [1.54, 1.807) is 6.07 Å². The number of anilines is 2. The average Bonchev–Trinajstić information content (AvgIpc) is 2.32. The summed E-state index contributed by atoms with van der Waals surface area (Å²) in [6.45, 7) is 0. The Morgan fingerprint density at radius 2 is 2.11 bits per heavy atom. The third kappa shape index (κ3) is 2.75. The van der Waals surface area contributed by atoms with Gasteiger partial charge in [0.15, 0.2) is 0 Å². The van der Waals surface area contributed by atoms with Gasteiger partial charge in [-0.15, -0.1) is 0 Å². The highest BCUT2D eigenvalue weighted by molar-refractivity contribution is 6.30. The maximum Gasteiger partial charge on any atom is 0.256 e. The van der Waals surface area contributed by atoms with Gasteiger partial charge in [-0.2, -0.15) is 0 Å². The number of halogens is 2. The van der Waals surface area contributed by atoms with Crippen molar-refractivity contribution in [2.45, 2.75) is 0 Å². The van der Waals surface area contributed by atoms with Gasteiger partial charge < -0.3 is 11.1 Å². The Balaban J connectivity index is 2.19. The largest absolute Gasteiger partial charge is 0.396 e. The fourth-order valence-electron chi connectivity index (χ4n) is 1.35. The molecule has 1 aromatic heterocycles. The molecule has 0 radical (unpaired) electrons. The monoisotopic (exact) mass is 265 g/mol. The minimum absolute atomic E-state index is 0.0818. The fourth-order valence-corrected chi connectivity index (χ4v) is 1.51. The highest BCUT2D eigenvalue weighted by Gasteiger charge is 2.09. The summed E-state index contributed by atoms with van der Waals surface area (Å²) in [6.07, 6.45) is 1.47. The van der Waals surface area contributed by atoms with Crippen LogP contribution >= 0.6 is 11.6 Å². The number of rotatable bonds is 2. The van der Waals surface area contributed by atoms with Crippen molar-refractivity contribution >= 4 is 29.0 Å². The molecular weight excluding hydrogens is 257 g/mol. The number of benzene rings is 1. The number of carbonyl (C=O) groups is 1. The molecule has 4 nitrogen and oxygen atoms in total. The molecule has 2 rings (SSSR count). The van der Waals surface area contributed by atoms with Crippen molar-refractivity contribution in [3.05, 3.63) is 52.9 Å². The maximum absolute atomic E-state index is 13.0. The normalized spacial score (nSPS) is 10.1. The first-order valence-corrected chi connectivity index (χ1v) is 5.42. The van der Waals surface area contributed by atoms with Crippen molar-refractivity contribution in [1.29, 1.82) is 0 Å². The average molecular weight is 266 g/mol. The molecule has 0 spiro atoms. The molecule has 0 saturated carbocycles. The molecule has 0 atom stereocenters. The lowest BCUT2D eigenvalue weighted by atomic mass is 10.2. The molecule has 0 fully saturated rings. The van der Waals surface area contributed by atoms with E-state index in [0.29, 0.717) is 10.8 Å². The summed E-state index contributed by atoms with van der Waals surface area (Å²) in [6, 6.07) is 6.83. The van der Waals surface area contributed by atoms with Crippen LogP contribution in [0.3, 0.4) is 0 Å². The first-order valence-electron chi connectivity index (χ1n) is 5.04. The first-order chi connectivity index (χ1) is 8.56. The zero-order valence-electron chi connectivity index (χ0n) is 9.15. The molecule has 1 aromatic carbocycles. The Morgan fingerprint density at radius 3 is 2.78 bits per heavy atom. The molecule has 1 amide bonds. The molecule has 92 valence electrons. The Bertz CT molecular complexity index is 604. The summed E-state index contributed by atoms with van der Waals surface area (Å²) >= 11 is 5.76. The van der Waals surface area contributed by atoms with Crippen LogP contribution in [0.2, 0.25) is 5.02 Å². The van der Waals surface area contributed by atoms with Gasteiger partial charge in [-0.3, -0.25) is 4.79 Å². The fraction of sp³-hybridized carbons (Fsp3) is 0. The number of hydrogen-bond donors (Lipinski definition) is 2. The van der Waals surface area contributed by atoms with Crippen molar-refractivity contribution in [3.8, 4) is 0 Å². The number of pyridine rings is 1. The number of nitrogen functional groups attached to an aromatic ring is 1. The van der Waals surface area contributed by atoms with Crippen LogP contribution in [0.1, 0.15) is 10.4 Å². The van der Waals surface area contributed by atoms with Gasteiger partial charge in [-0.1, -0.05) is 11.6 Å². The second-order valence-corrected chi connectivity index (χ2v) is 3.99. The zero-order chi connectivity index (χ0) is 13.1. The van der Waals surface area contributed by atoms with Crippen LogP contribution in [0.25, 0.3) is 0 Å². The van der Waals surface area contributed by atoms with E-state index in [1.807, 2.05) is 0 Å². The molecule has 3 N–H and O–H groups in total. The topological polar surface area (TPSA) is 68.0 Å². The van der Waals surface area contributed by atoms with E-state index in [-0.39, 0.29) is 11.3 Å².